The average molecular weight is 437 g/mol. The molecule has 6 heteroatoms. The summed E-state index contributed by atoms with van der Waals surface area (Å²) in [5.74, 6) is 2.62. The molecular weight excluding hydrogens is 404 g/mol. The van der Waals surface area contributed by atoms with E-state index in [9.17, 15) is 0 Å². The summed E-state index contributed by atoms with van der Waals surface area (Å²) < 4.78 is 6.05. The molecule has 0 radical (unpaired) electrons. The molecule has 0 amide bonds. The monoisotopic (exact) mass is 436 g/mol. The maximum Gasteiger partial charge on any atom is 0.141 e. The van der Waals surface area contributed by atoms with Gasteiger partial charge in [-0.3, -0.25) is 0 Å². The highest BCUT2D eigenvalue weighted by molar-refractivity contribution is 7.17. The molecule has 1 aromatic carbocycles. The molecule has 2 saturated heterocycles. The van der Waals surface area contributed by atoms with Crippen LogP contribution < -0.4 is 4.90 Å². The van der Waals surface area contributed by atoms with Crippen LogP contribution >= 0.6 is 11.3 Å². The summed E-state index contributed by atoms with van der Waals surface area (Å²) in [7, 11) is 0. The van der Waals surface area contributed by atoms with Crippen LogP contribution in [0.3, 0.4) is 0 Å². The first-order valence-electron chi connectivity index (χ1n) is 11.6. The molecule has 0 saturated carbocycles. The van der Waals surface area contributed by atoms with Crippen molar-refractivity contribution in [2.45, 2.75) is 32.6 Å². The number of likely N-dealkylation sites (tertiary alicyclic amines) is 1. The molecule has 3 aromatic rings. The van der Waals surface area contributed by atoms with Crippen molar-refractivity contribution in [1.29, 1.82) is 0 Å². The van der Waals surface area contributed by atoms with Gasteiger partial charge in [0.2, 0.25) is 0 Å². The number of piperidine rings is 1. The van der Waals surface area contributed by atoms with Crippen LogP contribution in [0.4, 0.5) is 5.82 Å². The van der Waals surface area contributed by atoms with Crippen LogP contribution in [0, 0.1) is 12.8 Å². The van der Waals surface area contributed by atoms with Crippen LogP contribution in [-0.2, 0) is 4.74 Å². The Hall–Kier alpha value is -2.02. The fourth-order valence-electron chi connectivity index (χ4n) is 4.85. The first-order chi connectivity index (χ1) is 15.3. The number of benzene rings is 1. The summed E-state index contributed by atoms with van der Waals surface area (Å²) in [6, 6.07) is 10.6. The third kappa shape index (κ3) is 4.76. The first-order valence-corrected chi connectivity index (χ1v) is 12.5. The highest BCUT2D eigenvalue weighted by Crippen LogP contribution is 2.39. The lowest BCUT2D eigenvalue weighted by Gasteiger charge is -2.33. The molecule has 0 unspecified atom stereocenters. The van der Waals surface area contributed by atoms with E-state index in [2.05, 4.69) is 45.5 Å². The molecular formula is C25H32N4OS. The van der Waals surface area contributed by atoms with Crippen molar-refractivity contribution in [2.75, 3.05) is 50.8 Å². The number of anilines is 1. The quantitative estimate of drug-likeness (QED) is 0.488. The Morgan fingerprint density at radius 2 is 1.81 bits per heavy atom. The number of hydrogen-bond donors (Lipinski definition) is 0. The summed E-state index contributed by atoms with van der Waals surface area (Å²) in [4.78, 5) is 15.7. The van der Waals surface area contributed by atoms with Crippen molar-refractivity contribution < 1.29 is 4.74 Å². The molecule has 0 atom stereocenters. The van der Waals surface area contributed by atoms with Crippen LogP contribution in [0.1, 0.15) is 31.5 Å². The van der Waals surface area contributed by atoms with E-state index in [1.807, 2.05) is 6.92 Å². The molecule has 5 nitrogen and oxygen atoms in total. The molecule has 0 bridgehead atoms. The average Bonchev–Trinajstić information content (AvgIpc) is 3.47. The predicted molar refractivity (Wildman–Crippen MR) is 129 cm³/mol. The number of hydrogen-bond acceptors (Lipinski definition) is 6. The second kappa shape index (κ2) is 9.63. The Kier molecular flexibility index (Phi) is 6.48. The number of thiophene rings is 1. The van der Waals surface area contributed by atoms with Crippen molar-refractivity contribution in [1.82, 2.24) is 14.9 Å². The van der Waals surface area contributed by atoms with Crippen molar-refractivity contribution in [3.05, 3.63) is 41.5 Å². The lowest BCUT2D eigenvalue weighted by Crippen LogP contribution is -2.36. The number of rotatable bonds is 7. The largest absolute Gasteiger partial charge is 0.380 e. The Labute approximate surface area is 189 Å². The van der Waals surface area contributed by atoms with Crippen LogP contribution in [-0.4, -0.2) is 60.8 Å². The smallest absolute Gasteiger partial charge is 0.141 e. The molecule has 2 aromatic heterocycles. The molecule has 5 rings (SSSR count). The molecule has 4 heterocycles. The second-order valence-electron chi connectivity index (χ2n) is 8.84. The third-order valence-corrected chi connectivity index (χ3v) is 7.50. The van der Waals surface area contributed by atoms with E-state index < -0.39 is 0 Å². The SMILES string of the molecule is Cc1nc(N2CCC(COCCN3CCCC3)CC2)c2c(-c3ccccc3)csc2n1. The zero-order valence-electron chi connectivity index (χ0n) is 18.4. The maximum absolute atomic E-state index is 6.05. The highest BCUT2D eigenvalue weighted by atomic mass is 32.1. The van der Waals surface area contributed by atoms with Crippen LogP contribution in [0.15, 0.2) is 35.7 Å². The van der Waals surface area contributed by atoms with E-state index in [-0.39, 0.29) is 0 Å². The van der Waals surface area contributed by atoms with Gasteiger partial charge >= 0.3 is 0 Å². The van der Waals surface area contributed by atoms with E-state index in [0.29, 0.717) is 5.92 Å². The van der Waals surface area contributed by atoms with E-state index in [1.54, 1.807) is 11.3 Å². The van der Waals surface area contributed by atoms with Crippen molar-refractivity contribution >= 4 is 27.4 Å². The standard InChI is InChI=1S/C25H32N4OS/c1-19-26-24(23-22(18-31-25(23)27-19)21-7-3-2-4-8-21)29-13-9-20(10-14-29)17-30-16-15-28-11-5-6-12-28/h2-4,7-8,18,20H,5-6,9-17H2,1H3. The highest BCUT2D eigenvalue weighted by Gasteiger charge is 2.24. The van der Waals surface area contributed by atoms with Crippen molar-refractivity contribution in [2.24, 2.45) is 5.92 Å². The number of fused-ring (bicyclic) bond motifs is 1. The van der Waals surface area contributed by atoms with Gasteiger partial charge in [0.1, 0.15) is 16.5 Å². The lowest BCUT2D eigenvalue weighted by molar-refractivity contribution is 0.0753. The fourth-order valence-corrected chi connectivity index (χ4v) is 5.83. The van der Waals surface area contributed by atoms with Gasteiger partial charge in [-0.05, 0) is 57.2 Å². The summed E-state index contributed by atoms with van der Waals surface area (Å²) in [5.41, 5.74) is 2.49. The molecule has 0 N–H and O–H groups in total. The number of aryl methyl sites for hydroxylation is 1. The van der Waals surface area contributed by atoms with Crippen LogP contribution in [0.2, 0.25) is 0 Å². The molecule has 0 spiro atoms. The summed E-state index contributed by atoms with van der Waals surface area (Å²) in [6.07, 6.45) is 5.03. The third-order valence-electron chi connectivity index (χ3n) is 6.63. The zero-order chi connectivity index (χ0) is 21.0. The minimum absolute atomic E-state index is 0.657. The topological polar surface area (TPSA) is 41.5 Å². The van der Waals surface area contributed by atoms with E-state index in [1.165, 1.54) is 55.3 Å². The molecule has 164 valence electrons. The lowest BCUT2D eigenvalue weighted by atomic mass is 9.97. The van der Waals surface area contributed by atoms with Gasteiger partial charge in [-0.25, -0.2) is 9.97 Å². The van der Waals surface area contributed by atoms with Gasteiger partial charge in [0.25, 0.3) is 0 Å². The van der Waals surface area contributed by atoms with Gasteiger partial charge in [0.05, 0.1) is 12.0 Å². The van der Waals surface area contributed by atoms with Gasteiger partial charge in [-0.2, -0.15) is 0 Å². The first kappa shape index (κ1) is 20.9. The minimum Gasteiger partial charge on any atom is -0.380 e. The van der Waals surface area contributed by atoms with Gasteiger partial charge in [-0.15, -0.1) is 11.3 Å². The van der Waals surface area contributed by atoms with E-state index in [0.717, 1.165) is 49.3 Å². The number of nitrogens with zero attached hydrogens (tertiary/aromatic N) is 4. The zero-order valence-corrected chi connectivity index (χ0v) is 19.2. The Balaban J connectivity index is 1.24. The predicted octanol–water partition coefficient (Wildman–Crippen LogP) is 5.00. The normalized spacial score (nSPS) is 18.3. The number of aromatic nitrogens is 2. The Bertz CT molecular complexity index is 991. The van der Waals surface area contributed by atoms with Gasteiger partial charge in [0.15, 0.2) is 0 Å². The Morgan fingerprint density at radius 1 is 1.03 bits per heavy atom. The van der Waals surface area contributed by atoms with Crippen molar-refractivity contribution in [3.8, 4) is 11.1 Å². The molecule has 2 aliphatic heterocycles. The van der Waals surface area contributed by atoms with Crippen LogP contribution in [0.5, 0.6) is 0 Å². The summed E-state index contributed by atoms with van der Waals surface area (Å²) in [5, 5.41) is 3.44. The Morgan fingerprint density at radius 3 is 2.58 bits per heavy atom. The second-order valence-corrected chi connectivity index (χ2v) is 9.70. The molecule has 2 aliphatic rings. The van der Waals surface area contributed by atoms with E-state index in [4.69, 9.17) is 14.7 Å². The van der Waals surface area contributed by atoms with Crippen molar-refractivity contribution in [3.63, 3.8) is 0 Å². The molecule has 2 fully saturated rings. The van der Waals surface area contributed by atoms with E-state index >= 15 is 0 Å². The van der Waals surface area contributed by atoms with Gasteiger partial charge in [0, 0.05) is 37.2 Å². The van der Waals surface area contributed by atoms with Crippen LogP contribution in [0.25, 0.3) is 21.3 Å². The van der Waals surface area contributed by atoms with Gasteiger partial charge in [-0.1, -0.05) is 30.3 Å². The summed E-state index contributed by atoms with van der Waals surface area (Å²) in [6.45, 7) is 9.45. The fraction of sp³-hybridized carbons (Fsp3) is 0.520. The molecule has 31 heavy (non-hydrogen) atoms. The molecule has 0 aliphatic carbocycles. The number of ether oxygens (including phenoxy) is 1. The minimum atomic E-state index is 0.657. The van der Waals surface area contributed by atoms with Gasteiger partial charge < -0.3 is 14.5 Å². The maximum atomic E-state index is 6.05. The summed E-state index contributed by atoms with van der Waals surface area (Å²) >= 11 is 1.72.